The van der Waals surface area contributed by atoms with Gasteiger partial charge in [-0.05, 0) is 40.5 Å². The zero-order valence-corrected chi connectivity index (χ0v) is 12.3. The molecule has 0 aliphatic rings. The molecule has 1 aromatic carbocycles. The molecule has 5 heteroatoms. The van der Waals surface area contributed by atoms with Crippen molar-refractivity contribution in [2.75, 3.05) is 19.8 Å². The number of hydrogen-bond acceptors (Lipinski definition) is 2. The Labute approximate surface area is 120 Å². The van der Waals surface area contributed by atoms with Crippen molar-refractivity contribution < 1.29 is 9.53 Å². The molecule has 1 aromatic rings. The number of halogens is 2. The van der Waals surface area contributed by atoms with Crippen LogP contribution in [0, 0.1) is 0 Å². The molecule has 0 saturated heterocycles. The SMILES string of the molecule is C=CCCOCCNC(=O)c1ccc(Cl)c(Br)c1. The molecule has 0 unspecified atom stereocenters. The molecule has 0 fully saturated rings. The van der Waals surface area contributed by atoms with Gasteiger partial charge in [-0.3, -0.25) is 4.79 Å². The molecule has 18 heavy (non-hydrogen) atoms. The van der Waals surface area contributed by atoms with E-state index >= 15 is 0 Å². The number of carbonyl (C=O) groups is 1. The Kier molecular flexibility index (Phi) is 7.01. The summed E-state index contributed by atoms with van der Waals surface area (Å²) in [6.07, 6.45) is 2.61. The molecule has 1 N–H and O–H groups in total. The van der Waals surface area contributed by atoms with Crippen LogP contribution in [0.5, 0.6) is 0 Å². The summed E-state index contributed by atoms with van der Waals surface area (Å²) in [5, 5.41) is 3.35. The zero-order valence-electron chi connectivity index (χ0n) is 9.92. The highest BCUT2D eigenvalue weighted by molar-refractivity contribution is 9.10. The lowest BCUT2D eigenvalue weighted by atomic mass is 10.2. The number of rotatable bonds is 7. The molecule has 0 radical (unpaired) electrons. The van der Waals surface area contributed by atoms with E-state index in [9.17, 15) is 4.79 Å². The molecule has 0 aliphatic carbocycles. The maximum atomic E-state index is 11.8. The van der Waals surface area contributed by atoms with Crippen LogP contribution in [0.2, 0.25) is 5.02 Å². The van der Waals surface area contributed by atoms with Crippen LogP contribution < -0.4 is 5.32 Å². The first-order valence-electron chi connectivity index (χ1n) is 5.57. The molecule has 0 saturated carbocycles. The van der Waals surface area contributed by atoms with Crippen LogP contribution >= 0.6 is 27.5 Å². The summed E-state index contributed by atoms with van der Waals surface area (Å²) in [6.45, 7) is 5.20. The van der Waals surface area contributed by atoms with Crippen LogP contribution in [0.15, 0.2) is 35.3 Å². The van der Waals surface area contributed by atoms with Crippen LogP contribution in [0.4, 0.5) is 0 Å². The Morgan fingerprint density at radius 3 is 2.94 bits per heavy atom. The first-order chi connectivity index (χ1) is 8.65. The largest absolute Gasteiger partial charge is 0.379 e. The lowest BCUT2D eigenvalue weighted by molar-refractivity contribution is 0.0918. The molecule has 0 bridgehead atoms. The fraction of sp³-hybridized carbons (Fsp3) is 0.308. The quantitative estimate of drug-likeness (QED) is 0.614. The Hall–Kier alpha value is -0.840. The van der Waals surface area contributed by atoms with Gasteiger partial charge in [0.2, 0.25) is 0 Å². The maximum Gasteiger partial charge on any atom is 0.251 e. The smallest absolute Gasteiger partial charge is 0.251 e. The third-order valence-electron chi connectivity index (χ3n) is 2.18. The summed E-state index contributed by atoms with van der Waals surface area (Å²) in [6, 6.07) is 5.05. The topological polar surface area (TPSA) is 38.3 Å². The monoisotopic (exact) mass is 331 g/mol. The second kappa shape index (κ2) is 8.29. The molecule has 0 aromatic heterocycles. The van der Waals surface area contributed by atoms with Crippen molar-refractivity contribution in [2.24, 2.45) is 0 Å². The third kappa shape index (κ3) is 5.21. The Morgan fingerprint density at radius 1 is 1.50 bits per heavy atom. The van der Waals surface area contributed by atoms with Gasteiger partial charge in [0.25, 0.3) is 5.91 Å². The molecular weight excluding hydrogens is 318 g/mol. The van der Waals surface area contributed by atoms with E-state index in [2.05, 4.69) is 27.8 Å². The van der Waals surface area contributed by atoms with Crippen molar-refractivity contribution in [3.05, 3.63) is 45.9 Å². The standard InChI is InChI=1S/C13H15BrClNO2/c1-2-3-7-18-8-6-16-13(17)10-4-5-12(15)11(14)9-10/h2,4-5,9H,1,3,6-8H2,(H,16,17). The summed E-state index contributed by atoms with van der Waals surface area (Å²) >= 11 is 9.13. The molecule has 98 valence electrons. The Balaban J connectivity index is 2.32. The van der Waals surface area contributed by atoms with E-state index in [1.807, 2.05) is 0 Å². The summed E-state index contributed by atoms with van der Waals surface area (Å²) in [4.78, 5) is 11.8. The van der Waals surface area contributed by atoms with Crippen molar-refractivity contribution in [2.45, 2.75) is 6.42 Å². The average molecular weight is 333 g/mol. The molecule has 1 rings (SSSR count). The number of ether oxygens (including phenoxy) is 1. The minimum absolute atomic E-state index is 0.139. The second-order valence-electron chi connectivity index (χ2n) is 3.57. The van der Waals surface area contributed by atoms with Crippen LogP contribution in [0.3, 0.4) is 0 Å². The summed E-state index contributed by atoms with van der Waals surface area (Å²) in [5.41, 5.74) is 0.567. The molecule has 0 atom stereocenters. The fourth-order valence-electron chi connectivity index (χ4n) is 1.24. The first-order valence-corrected chi connectivity index (χ1v) is 6.74. The van der Waals surface area contributed by atoms with Gasteiger partial charge in [0.1, 0.15) is 0 Å². The zero-order chi connectivity index (χ0) is 13.4. The van der Waals surface area contributed by atoms with Crippen LogP contribution in [0.25, 0.3) is 0 Å². The van der Waals surface area contributed by atoms with E-state index in [0.717, 1.165) is 6.42 Å². The maximum absolute atomic E-state index is 11.8. The van der Waals surface area contributed by atoms with Crippen molar-refractivity contribution in [3.63, 3.8) is 0 Å². The van der Waals surface area contributed by atoms with Crippen LogP contribution in [0.1, 0.15) is 16.8 Å². The number of amides is 1. The lowest BCUT2D eigenvalue weighted by Gasteiger charge is -2.06. The van der Waals surface area contributed by atoms with Crippen molar-refractivity contribution in [1.29, 1.82) is 0 Å². The van der Waals surface area contributed by atoms with Gasteiger partial charge in [0.15, 0.2) is 0 Å². The Bertz CT molecular complexity index is 423. The summed E-state index contributed by atoms with van der Waals surface area (Å²) in [7, 11) is 0. The Morgan fingerprint density at radius 2 is 2.28 bits per heavy atom. The van der Waals surface area contributed by atoms with Gasteiger partial charge in [0, 0.05) is 16.6 Å². The number of carbonyl (C=O) groups excluding carboxylic acids is 1. The number of benzene rings is 1. The van der Waals surface area contributed by atoms with Crippen molar-refractivity contribution in [1.82, 2.24) is 5.32 Å². The fourth-order valence-corrected chi connectivity index (χ4v) is 1.74. The predicted molar refractivity (Wildman–Crippen MR) is 77.1 cm³/mol. The molecule has 1 amide bonds. The lowest BCUT2D eigenvalue weighted by Crippen LogP contribution is -2.27. The van der Waals surface area contributed by atoms with E-state index in [4.69, 9.17) is 16.3 Å². The van der Waals surface area contributed by atoms with E-state index in [1.54, 1.807) is 24.3 Å². The highest BCUT2D eigenvalue weighted by Crippen LogP contribution is 2.23. The van der Waals surface area contributed by atoms with Gasteiger partial charge >= 0.3 is 0 Å². The van der Waals surface area contributed by atoms with E-state index < -0.39 is 0 Å². The average Bonchev–Trinajstić information content (AvgIpc) is 2.36. The van der Waals surface area contributed by atoms with Gasteiger partial charge in [-0.25, -0.2) is 0 Å². The second-order valence-corrected chi connectivity index (χ2v) is 4.84. The minimum atomic E-state index is -0.139. The molecule has 0 spiro atoms. The molecule has 0 aliphatic heterocycles. The predicted octanol–water partition coefficient (Wildman–Crippen LogP) is 3.43. The molecular formula is C13H15BrClNO2. The van der Waals surface area contributed by atoms with E-state index in [-0.39, 0.29) is 5.91 Å². The molecule has 3 nitrogen and oxygen atoms in total. The minimum Gasteiger partial charge on any atom is -0.379 e. The van der Waals surface area contributed by atoms with Gasteiger partial charge in [-0.1, -0.05) is 17.7 Å². The van der Waals surface area contributed by atoms with Crippen molar-refractivity contribution in [3.8, 4) is 0 Å². The first kappa shape index (κ1) is 15.2. The van der Waals surface area contributed by atoms with Crippen LogP contribution in [-0.2, 0) is 4.74 Å². The third-order valence-corrected chi connectivity index (χ3v) is 3.39. The van der Waals surface area contributed by atoms with Crippen LogP contribution in [-0.4, -0.2) is 25.7 Å². The highest BCUT2D eigenvalue weighted by atomic mass is 79.9. The molecule has 0 heterocycles. The van der Waals surface area contributed by atoms with E-state index in [1.165, 1.54) is 0 Å². The van der Waals surface area contributed by atoms with Crippen molar-refractivity contribution >= 4 is 33.4 Å². The van der Waals surface area contributed by atoms with Gasteiger partial charge in [0.05, 0.1) is 18.2 Å². The summed E-state index contributed by atoms with van der Waals surface area (Å²) < 4.78 is 5.99. The number of nitrogens with one attached hydrogen (secondary N) is 1. The van der Waals surface area contributed by atoms with Gasteiger partial charge < -0.3 is 10.1 Å². The summed E-state index contributed by atoms with van der Waals surface area (Å²) in [5.74, 6) is -0.139. The normalized spacial score (nSPS) is 10.1. The number of hydrogen-bond donors (Lipinski definition) is 1. The van der Waals surface area contributed by atoms with E-state index in [0.29, 0.717) is 34.8 Å². The van der Waals surface area contributed by atoms with Gasteiger partial charge in [-0.2, -0.15) is 0 Å². The highest BCUT2D eigenvalue weighted by Gasteiger charge is 2.06. The van der Waals surface area contributed by atoms with Gasteiger partial charge in [-0.15, -0.1) is 6.58 Å².